The maximum atomic E-state index is 14.5. The smallest absolute Gasteiger partial charge is 0.310 e. The number of amides is 3. The van der Waals surface area contributed by atoms with Gasteiger partial charge in [0.05, 0.1) is 30.8 Å². The molecule has 5 rings (SSSR count). The summed E-state index contributed by atoms with van der Waals surface area (Å²) in [6, 6.07) is 33.4. The van der Waals surface area contributed by atoms with Crippen LogP contribution in [0.25, 0.3) is 0 Å². The highest BCUT2D eigenvalue weighted by Crippen LogP contribution is 2.49. The van der Waals surface area contributed by atoms with Gasteiger partial charge in [-0.1, -0.05) is 74.5 Å². The second-order valence-corrected chi connectivity index (χ2v) is 12.7. The van der Waals surface area contributed by atoms with E-state index in [0.29, 0.717) is 48.9 Å². The van der Waals surface area contributed by atoms with Gasteiger partial charge in [0.15, 0.2) is 0 Å². The summed E-state index contributed by atoms with van der Waals surface area (Å²) in [5.74, 6) is -4.95. The molecule has 2 N–H and O–H groups in total. The van der Waals surface area contributed by atoms with Crippen LogP contribution in [0.15, 0.2) is 109 Å². The average Bonchev–Trinajstić information content (AvgIpc) is 3.16. The summed E-state index contributed by atoms with van der Waals surface area (Å²) in [7, 11) is 1.17. The standard InChI is InChI=1S/C41H45N3O8/c1-4-24-43(26-28-16-20-32(21-17-28)51-30-12-8-6-9-13-30)39(46)35-34(38(45)42-49)37(41(48)50-3)36(35)40(47)44(25-5-2)27-29-18-22-33(23-19-29)52-31-14-10-7-11-15-31/h6-23,34-37,49H,4-5,24-27H2,1-3H3,(H,42,45)/t34-,35+,36-,37+/m1/s1. The number of hydrogen-bond donors (Lipinski definition) is 2. The predicted molar refractivity (Wildman–Crippen MR) is 193 cm³/mol. The number of nitrogens with zero attached hydrogens (tertiary/aromatic N) is 2. The molecule has 0 saturated heterocycles. The number of ether oxygens (including phenoxy) is 3. The molecule has 0 radical (unpaired) electrons. The predicted octanol–water partition coefficient (Wildman–Crippen LogP) is 6.61. The third kappa shape index (κ3) is 8.96. The molecule has 11 heteroatoms. The molecule has 1 saturated carbocycles. The first kappa shape index (κ1) is 37.6. The summed E-state index contributed by atoms with van der Waals surface area (Å²) in [5.41, 5.74) is 3.24. The van der Waals surface area contributed by atoms with Crippen LogP contribution in [0.3, 0.4) is 0 Å². The Labute approximate surface area is 304 Å². The Morgan fingerprint density at radius 1 is 0.577 bits per heavy atom. The van der Waals surface area contributed by atoms with Crippen molar-refractivity contribution in [3.05, 3.63) is 120 Å². The molecular weight excluding hydrogens is 662 g/mol. The monoisotopic (exact) mass is 707 g/mol. The van der Waals surface area contributed by atoms with Crippen LogP contribution in [-0.4, -0.2) is 58.9 Å². The van der Waals surface area contributed by atoms with Crippen molar-refractivity contribution >= 4 is 23.7 Å². The number of rotatable bonds is 16. The normalized spacial score (nSPS) is 17.6. The van der Waals surface area contributed by atoms with Crippen LogP contribution in [0.2, 0.25) is 0 Å². The Morgan fingerprint density at radius 3 is 1.33 bits per heavy atom. The van der Waals surface area contributed by atoms with Crippen molar-refractivity contribution in [3.63, 3.8) is 0 Å². The number of hydrogen-bond acceptors (Lipinski definition) is 8. The number of carbonyl (C=O) groups is 4. The van der Waals surface area contributed by atoms with Gasteiger partial charge in [-0.2, -0.15) is 0 Å². The largest absolute Gasteiger partial charge is 0.469 e. The van der Waals surface area contributed by atoms with Crippen molar-refractivity contribution in [1.82, 2.24) is 15.3 Å². The van der Waals surface area contributed by atoms with Gasteiger partial charge in [-0.05, 0) is 72.5 Å². The van der Waals surface area contributed by atoms with E-state index in [4.69, 9.17) is 14.2 Å². The zero-order valence-corrected chi connectivity index (χ0v) is 29.6. The SMILES string of the molecule is CCCN(Cc1ccc(Oc2ccccc2)cc1)C(=O)[C@H]1[C@@H](C(=O)NO)[C@H](C(=O)OC)[C@@H]1C(=O)N(CCC)Cc1ccc(Oc2ccccc2)cc1. The van der Waals surface area contributed by atoms with Crippen molar-refractivity contribution in [2.75, 3.05) is 20.2 Å². The van der Waals surface area contributed by atoms with E-state index in [-0.39, 0.29) is 13.1 Å². The third-order valence-electron chi connectivity index (χ3n) is 9.17. The van der Waals surface area contributed by atoms with E-state index in [9.17, 15) is 24.4 Å². The zero-order chi connectivity index (χ0) is 37.0. The molecule has 0 bridgehead atoms. The first-order valence-electron chi connectivity index (χ1n) is 17.5. The summed E-state index contributed by atoms with van der Waals surface area (Å²) in [6.07, 6.45) is 1.22. The van der Waals surface area contributed by atoms with Gasteiger partial charge in [0.25, 0.3) is 0 Å². The van der Waals surface area contributed by atoms with Gasteiger partial charge < -0.3 is 24.0 Å². The van der Waals surface area contributed by atoms with Crippen LogP contribution >= 0.6 is 0 Å². The minimum atomic E-state index is -1.31. The molecule has 1 fully saturated rings. The molecule has 0 aliphatic heterocycles. The molecule has 0 unspecified atom stereocenters. The van der Waals surface area contributed by atoms with E-state index >= 15 is 0 Å². The van der Waals surface area contributed by atoms with Crippen molar-refractivity contribution in [1.29, 1.82) is 0 Å². The summed E-state index contributed by atoms with van der Waals surface area (Å²) in [4.78, 5) is 58.4. The first-order chi connectivity index (χ1) is 25.3. The fourth-order valence-electron chi connectivity index (χ4n) is 6.70. The lowest BCUT2D eigenvalue weighted by atomic mass is 9.55. The number of para-hydroxylation sites is 2. The quantitative estimate of drug-likeness (QED) is 0.0756. The van der Waals surface area contributed by atoms with Gasteiger partial charge in [-0.15, -0.1) is 0 Å². The summed E-state index contributed by atoms with van der Waals surface area (Å²) in [6.45, 7) is 4.94. The van der Waals surface area contributed by atoms with E-state index in [1.54, 1.807) is 15.3 Å². The minimum Gasteiger partial charge on any atom is -0.469 e. The number of methoxy groups -OCH3 is 1. The van der Waals surface area contributed by atoms with Gasteiger partial charge >= 0.3 is 5.97 Å². The molecule has 3 amide bonds. The van der Waals surface area contributed by atoms with E-state index in [1.165, 1.54) is 7.11 Å². The molecule has 4 aromatic carbocycles. The fraction of sp³-hybridized carbons (Fsp3) is 0.317. The maximum absolute atomic E-state index is 14.5. The number of esters is 1. The van der Waals surface area contributed by atoms with E-state index in [1.807, 2.05) is 123 Å². The van der Waals surface area contributed by atoms with Gasteiger partial charge in [0.1, 0.15) is 23.0 Å². The number of nitrogens with one attached hydrogen (secondary N) is 1. The van der Waals surface area contributed by atoms with Gasteiger partial charge in [0.2, 0.25) is 17.7 Å². The lowest BCUT2D eigenvalue weighted by Crippen LogP contribution is -2.65. The highest BCUT2D eigenvalue weighted by Gasteiger charge is 2.64. The number of carbonyl (C=O) groups excluding carboxylic acids is 4. The van der Waals surface area contributed by atoms with E-state index in [0.717, 1.165) is 11.1 Å². The second-order valence-electron chi connectivity index (χ2n) is 12.7. The van der Waals surface area contributed by atoms with Gasteiger partial charge in [-0.3, -0.25) is 24.4 Å². The highest BCUT2D eigenvalue weighted by molar-refractivity contribution is 6.01. The second kappa shape index (κ2) is 18.0. The van der Waals surface area contributed by atoms with Gasteiger partial charge in [0, 0.05) is 26.2 Å². The molecule has 0 spiro atoms. The van der Waals surface area contributed by atoms with Crippen LogP contribution in [0.4, 0.5) is 0 Å². The maximum Gasteiger partial charge on any atom is 0.310 e. The lowest BCUT2D eigenvalue weighted by Gasteiger charge is -2.49. The van der Waals surface area contributed by atoms with Crippen molar-refractivity contribution in [3.8, 4) is 23.0 Å². The molecule has 52 heavy (non-hydrogen) atoms. The van der Waals surface area contributed by atoms with Crippen LogP contribution in [0, 0.1) is 23.7 Å². The lowest BCUT2D eigenvalue weighted by molar-refractivity contribution is -0.185. The number of hydroxylamine groups is 1. The molecular formula is C41H45N3O8. The zero-order valence-electron chi connectivity index (χ0n) is 29.6. The molecule has 11 nitrogen and oxygen atoms in total. The van der Waals surface area contributed by atoms with Crippen molar-refractivity contribution in [2.45, 2.75) is 39.8 Å². The molecule has 1 aliphatic rings. The summed E-state index contributed by atoms with van der Waals surface area (Å²) >= 11 is 0. The molecule has 1 aliphatic carbocycles. The van der Waals surface area contributed by atoms with Crippen LogP contribution in [-0.2, 0) is 37.0 Å². The van der Waals surface area contributed by atoms with E-state index < -0.39 is 47.4 Å². The third-order valence-corrected chi connectivity index (χ3v) is 9.17. The topological polar surface area (TPSA) is 135 Å². The average molecular weight is 708 g/mol. The Bertz CT molecular complexity index is 1650. The molecule has 272 valence electrons. The Hall–Kier alpha value is -5.68. The van der Waals surface area contributed by atoms with Crippen LogP contribution in [0.5, 0.6) is 23.0 Å². The highest BCUT2D eigenvalue weighted by atomic mass is 16.5. The van der Waals surface area contributed by atoms with Crippen LogP contribution in [0.1, 0.15) is 37.8 Å². The Kier molecular flexibility index (Phi) is 13.0. The Morgan fingerprint density at radius 2 is 0.962 bits per heavy atom. The molecule has 4 atom stereocenters. The van der Waals surface area contributed by atoms with Crippen molar-refractivity contribution in [2.24, 2.45) is 23.7 Å². The van der Waals surface area contributed by atoms with Crippen LogP contribution < -0.4 is 15.0 Å². The summed E-state index contributed by atoms with van der Waals surface area (Å²) < 4.78 is 16.9. The molecule has 0 aromatic heterocycles. The fourth-order valence-corrected chi connectivity index (χ4v) is 6.70. The van der Waals surface area contributed by atoms with Gasteiger partial charge in [-0.25, -0.2) is 5.48 Å². The Balaban J connectivity index is 1.38. The molecule has 4 aromatic rings. The number of benzene rings is 4. The first-order valence-corrected chi connectivity index (χ1v) is 17.5. The van der Waals surface area contributed by atoms with E-state index in [2.05, 4.69) is 0 Å². The molecule has 0 heterocycles. The van der Waals surface area contributed by atoms with Crippen molar-refractivity contribution < 1.29 is 38.6 Å². The minimum absolute atomic E-state index is 0.197. The summed E-state index contributed by atoms with van der Waals surface area (Å²) in [5, 5.41) is 9.69.